The lowest BCUT2D eigenvalue weighted by atomic mass is 10.0. The Bertz CT molecular complexity index is 175. The first-order valence-electron chi connectivity index (χ1n) is 4.65. The maximum atomic E-state index is 5.75. The normalized spacial score (nSPS) is 40.5. The predicted octanol–water partition coefficient (Wildman–Crippen LogP) is 1.61. The predicted molar refractivity (Wildman–Crippen MR) is 52.5 cm³/mol. The fraction of sp³-hybridized carbons (Fsp3) is 1.00. The van der Waals surface area contributed by atoms with Gasteiger partial charge in [-0.1, -0.05) is 0 Å². The van der Waals surface area contributed by atoms with E-state index >= 15 is 0 Å². The largest absolute Gasteiger partial charge is 0.373 e. The van der Waals surface area contributed by atoms with Crippen molar-refractivity contribution in [1.29, 1.82) is 0 Å². The van der Waals surface area contributed by atoms with Gasteiger partial charge < -0.3 is 10.1 Å². The van der Waals surface area contributed by atoms with Crippen LogP contribution in [0.25, 0.3) is 0 Å². The molecule has 3 heteroatoms. The summed E-state index contributed by atoms with van der Waals surface area (Å²) in [6.07, 6.45) is 2.44. The van der Waals surface area contributed by atoms with Crippen LogP contribution >= 0.6 is 11.8 Å². The Morgan fingerprint density at radius 3 is 2.75 bits per heavy atom. The monoisotopic (exact) mass is 187 g/mol. The fourth-order valence-electron chi connectivity index (χ4n) is 2.01. The van der Waals surface area contributed by atoms with Crippen molar-refractivity contribution in [1.82, 2.24) is 5.32 Å². The Morgan fingerprint density at radius 2 is 2.25 bits per heavy atom. The SMILES string of the molecule is CC1(C)CC2(CO1)NCCCS2. The smallest absolute Gasteiger partial charge is 0.0909 e. The van der Waals surface area contributed by atoms with E-state index in [1.807, 2.05) is 11.8 Å². The Hall–Kier alpha value is 0.270. The second-order valence-electron chi connectivity index (χ2n) is 4.35. The van der Waals surface area contributed by atoms with Crippen molar-refractivity contribution >= 4 is 11.8 Å². The first kappa shape index (κ1) is 8.85. The van der Waals surface area contributed by atoms with Gasteiger partial charge in [0, 0.05) is 6.42 Å². The van der Waals surface area contributed by atoms with E-state index in [0.717, 1.165) is 19.6 Å². The molecule has 2 nitrogen and oxygen atoms in total. The summed E-state index contributed by atoms with van der Waals surface area (Å²) in [5, 5.41) is 3.59. The highest BCUT2D eigenvalue weighted by molar-refractivity contribution is 8.00. The van der Waals surface area contributed by atoms with Gasteiger partial charge in [0.05, 0.1) is 17.1 Å². The summed E-state index contributed by atoms with van der Waals surface area (Å²) in [5.74, 6) is 1.28. The molecule has 0 amide bonds. The molecular formula is C9H17NOS. The van der Waals surface area contributed by atoms with Crippen LogP contribution in [0.5, 0.6) is 0 Å². The zero-order valence-electron chi connectivity index (χ0n) is 7.85. The second kappa shape index (κ2) is 2.89. The lowest BCUT2D eigenvalue weighted by molar-refractivity contribution is 0.0351. The number of hydrogen-bond donors (Lipinski definition) is 1. The van der Waals surface area contributed by atoms with Crippen LogP contribution in [0.4, 0.5) is 0 Å². The molecule has 1 spiro atoms. The molecule has 2 aliphatic rings. The van der Waals surface area contributed by atoms with Gasteiger partial charge in [-0.3, -0.25) is 0 Å². The van der Waals surface area contributed by atoms with Crippen LogP contribution in [-0.2, 0) is 4.74 Å². The Kier molecular flexibility index (Phi) is 2.13. The molecule has 2 heterocycles. The maximum absolute atomic E-state index is 5.75. The minimum Gasteiger partial charge on any atom is -0.373 e. The van der Waals surface area contributed by atoms with Crippen LogP contribution < -0.4 is 5.32 Å². The molecule has 0 radical (unpaired) electrons. The number of rotatable bonds is 0. The van der Waals surface area contributed by atoms with Crippen molar-refractivity contribution in [3.8, 4) is 0 Å². The van der Waals surface area contributed by atoms with Gasteiger partial charge in [-0.25, -0.2) is 0 Å². The lowest BCUT2D eigenvalue weighted by Crippen LogP contribution is -2.47. The van der Waals surface area contributed by atoms with E-state index < -0.39 is 0 Å². The average molecular weight is 187 g/mol. The maximum Gasteiger partial charge on any atom is 0.0909 e. The summed E-state index contributed by atoms with van der Waals surface area (Å²) in [6.45, 7) is 6.40. The van der Waals surface area contributed by atoms with E-state index in [2.05, 4.69) is 19.2 Å². The van der Waals surface area contributed by atoms with Gasteiger partial charge in [0.25, 0.3) is 0 Å². The summed E-state index contributed by atoms with van der Waals surface area (Å²) in [7, 11) is 0. The van der Waals surface area contributed by atoms with Gasteiger partial charge in [0.2, 0.25) is 0 Å². The molecular weight excluding hydrogens is 170 g/mol. The minimum atomic E-state index is 0.0807. The van der Waals surface area contributed by atoms with Gasteiger partial charge in [-0.15, -0.1) is 11.8 Å². The molecule has 0 aromatic heterocycles. The van der Waals surface area contributed by atoms with Crippen molar-refractivity contribution in [2.45, 2.75) is 37.2 Å². The first-order chi connectivity index (χ1) is 5.62. The molecule has 0 aliphatic carbocycles. The standard InChI is InChI=1S/C9H17NOS/c1-8(2)6-9(7-11-8)10-4-3-5-12-9/h10H,3-7H2,1-2H3. The third-order valence-electron chi connectivity index (χ3n) is 2.55. The molecule has 2 fully saturated rings. The van der Waals surface area contributed by atoms with Crippen molar-refractivity contribution in [3.05, 3.63) is 0 Å². The van der Waals surface area contributed by atoms with Crippen molar-refractivity contribution in [2.75, 3.05) is 18.9 Å². The molecule has 2 aliphatic heterocycles. The van der Waals surface area contributed by atoms with Crippen molar-refractivity contribution < 1.29 is 4.74 Å². The highest BCUT2D eigenvalue weighted by atomic mass is 32.2. The Labute approximate surface area is 78.4 Å². The highest BCUT2D eigenvalue weighted by Gasteiger charge is 2.45. The number of hydrogen-bond acceptors (Lipinski definition) is 3. The van der Waals surface area contributed by atoms with Gasteiger partial charge >= 0.3 is 0 Å². The quantitative estimate of drug-likeness (QED) is 0.622. The van der Waals surface area contributed by atoms with Crippen LogP contribution in [0.1, 0.15) is 26.7 Å². The second-order valence-corrected chi connectivity index (χ2v) is 5.83. The minimum absolute atomic E-state index is 0.0807. The van der Waals surface area contributed by atoms with E-state index in [-0.39, 0.29) is 10.5 Å². The number of nitrogens with one attached hydrogen (secondary N) is 1. The molecule has 0 aromatic rings. The molecule has 1 atom stereocenters. The summed E-state index contributed by atoms with van der Waals surface area (Å²) in [4.78, 5) is 0.252. The van der Waals surface area contributed by atoms with Crippen LogP contribution in [0.3, 0.4) is 0 Å². The zero-order chi connectivity index (χ0) is 8.66. The van der Waals surface area contributed by atoms with E-state index in [4.69, 9.17) is 4.74 Å². The third-order valence-corrected chi connectivity index (χ3v) is 4.01. The van der Waals surface area contributed by atoms with E-state index in [9.17, 15) is 0 Å². The molecule has 2 rings (SSSR count). The van der Waals surface area contributed by atoms with Crippen LogP contribution in [0.2, 0.25) is 0 Å². The molecule has 0 saturated carbocycles. The van der Waals surface area contributed by atoms with Gasteiger partial charge in [-0.05, 0) is 32.6 Å². The van der Waals surface area contributed by atoms with Gasteiger partial charge in [0.1, 0.15) is 0 Å². The highest BCUT2D eigenvalue weighted by Crippen LogP contribution is 2.41. The van der Waals surface area contributed by atoms with E-state index in [1.165, 1.54) is 12.2 Å². The van der Waals surface area contributed by atoms with Crippen molar-refractivity contribution in [3.63, 3.8) is 0 Å². The molecule has 1 N–H and O–H groups in total. The summed E-state index contributed by atoms with van der Waals surface area (Å²) in [6, 6.07) is 0. The van der Waals surface area contributed by atoms with Crippen LogP contribution in [0.15, 0.2) is 0 Å². The fourth-order valence-corrected chi connectivity index (χ4v) is 3.49. The third kappa shape index (κ3) is 1.63. The Balaban J connectivity index is 2.03. The van der Waals surface area contributed by atoms with Crippen molar-refractivity contribution in [2.24, 2.45) is 0 Å². The topological polar surface area (TPSA) is 21.3 Å². The molecule has 0 aromatic carbocycles. The zero-order valence-corrected chi connectivity index (χ0v) is 8.67. The lowest BCUT2D eigenvalue weighted by Gasteiger charge is -2.33. The van der Waals surface area contributed by atoms with Gasteiger partial charge in [0.15, 0.2) is 0 Å². The molecule has 1 unspecified atom stereocenters. The summed E-state index contributed by atoms with van der Waals surface area (Å²) < 4.78 is 5.75. The molecule has 12 heavy (non-hydrogen) atoms. The van der Waals surface area contributed by atoms with Crippen LogP contribution in [-0.4, -0.2) is 29.4 Å². The molecule has 0 bridgehead atoms. The van der Waals surface area contributed by atoms with E-state index in [0.29, 0.717) is 0 Å². The first-order valence-corrected chi connectivity index (χ1v) is 5.64. The summed E-state index contributed by atoms with van der Waals surface area (Å²) in [5.41, 5.74) is 0.0807. The Morgan fingerprint density at radius 1 is 1.42 bits per heavy atom. The molecule has 2 saturated heterocycles. The number of ether oxygens (including phenoxy) is 1. The molecule has 70 valence electrons. The van der Waals surface area contributed by atoms with Gasteiger partial charge in [-0.2, -0.15) is 0 Å². The van der Waals surface area contributed by atoms with Crippen LogP contribution in [0, 0.1) is 0 Å². The van der Waals surface area contributed by atoms with E-state index in [1.54, 1.807) is 0 Å². The summed E-state index contributed by atoms with van der Waals surface area (Å²) >= 11 is 2.04. The number of thioether (sulfide) groups is 1. The average Bonchev–Trinajstić information content (AvgIpc) is 2.29.